The van der Waals surface area contributed by atoms with Crippen molar-refractivity contribution in [1.29, 1.82) is 0 Å². The van der Waals surface area contributed by atoms with E-state index in [0.717, 1.165) is 16.7 Å². The Morgan fingerprint density at radius 1 is 1.05 bits per heavy atom. The molecule has 2 heterocycles. The summed E-state index contributed by atoms with van der Waals surface area (Å²) < 4.78 is 22.3. The van der Waals surface area contributed by atoms with Gasteiger partial charge < -0.3 is 23.8 Å². The molecule has 0 N–H and O–H groups in total. The van der Waals surface area contributed by atoms with Gasteiger partial charge in [-0.1, -0.05) is 29.8 Å². The van der Waals surface area contributed by atoms with Crippen molar-refractivity contribution in [2.24, 2.45) is 0 Å². The van der Waals surface area contributed by atoms with Crippen molar-refractivity contribution >= 4 is 46.5 Å². The van der Waals surface area contributed by atoms with Gasteiger partial charge in [-0.25, -0.2) is 0 Å². The zero-order valence-corrected chi connectivity index (χ0v) is 21.9. The average molecular weight is 547 g/mol. The molecule has 0 saturated carbocycles. The first-order valence-corrected chi connectivity index (χ1v) is 13.0. The predicted octanol–water partition coefficient (Wildman–Crippen LogP) is 4.09. The number of imide groups is 1. The number of thioether (sulfide) groups is 1. The number of carbonyl (C=O) groups excluding carboxylic acids is 3. The molecule has 2 aliphatic heterocycles. The molecule has 37 heavy (non-hydrogen) atoms. The van der Waals surface area contributed by atoms with E-state index in [-0.39, 0.29) is 30.9 Å². The number of benzene rings is 2. The Morgan fingerprint density at radius 3 is 2.59 bits per heavy atom. The number of ether oxygens (including phenoxy) is 4. The number of morpholine rings is 1. The number of hydrogen-bond acceptors (Lipinski definition) is 8. The van der Waals surface area contributed by atoms with Gasteiger partial charge in [0, 0.05) is 13.1 Å². The van der Waals surface area contributed by atoms with E-state index in [1.165, 1.54) is 0 Å². The Labute approximate surface area is 224 Å². The van der Waals surface area contributed by atoms with Crippen molar-refractivity contribution in [1.82, 2.24) is 9.80 Å². The Balaban J connectivity index is 1.38. The first kappa shape index (κ1) is 26.8. The van der Waals surface area contributed by atoms with Crippen LogP contribution in [0.1, 0.15) is 12.5 Å². The van der Waals surface area contributed by atoms with Crippen LogP contribution in [0.15, 0.2) is 47.4 Å². The van der Waals surface area contributed by atoms with Crippen LogP contribution < -0.4 is 14.2 Å². The lowest BCUT2D eigenvalue weighted by Crippen LogP contribution is -2.43. The number of para-hydroxylation sites is 1. The highest BCUT2D eigenvalue weighted by molar-refractivity contribution is 8.18. The van der Waals surface area contributed by atoms with Crippen LogP contribution in [0, 0.1) is 0 Å². The van der Waals surface area contributed by atoms with Gasteiger partial charge in [-0.05, 0) is 54.6 Å². The Bertz CT molecular complexity index is 1180. The summed E-state index contributed by atoms with van der Waals surface area (Å²) in [6.45, 7) is 4.45. The van der Waals surface area contributed by atoms with E-state index >= 15 is 0 Å². The van der Waals surface area contributed by atoms with E-state index in [0.29, 0.717) is 65.6 Å². The molecule has 2 aromatic rings. The summed E-state index contributed by atoms with van der Waals surface area (Å²) >= 11 is 6.94. The molecule has 2 saturated heterocycles. The van der Waals surface area contributed by atoms with Crippen LogP contribution in [-0.4, -0.2) is 79.5 Å². The van der Waals surface area contributed by atoms with Crippen molar-refractivity contribution in [2.75, 3.05) is 52.7 Å². The molecular weight excluding hydrogens is 520 g/mol. The summed E-state index contributed by atoms with van der Waals surface area (Å²) in [6, 6.07) is 12.1. The van der Waals surface area contributed by atoms with E-state index in [2.05, 4.69) is 0 Å². The van der Waals surface area contributed by atoms with Gasteiger partial charge in [0.15, 0.2) is 18.1 Å². The molecule has 4 rings (SSSR count). The van der Waals surface area contributed by atoms with Gasteiger partial charge in [0.2, 0.25) is 0 Å². The second-order valence-electron chi connectivity index (χ2n) is 8.03. The van der Waals surface area contributed by atoms with Crippen LogP contribution in [-0.2, 0) is 14.3 Å². The van der Waals surface area contributed by atoms with Crippen LogP contribution in [0.3, 0.4) is 0 Å². The van der Waals surface area contributed by atoms with Crippen LogP contribution in [0.25, 0.3) is 6.08 Å². The smallest absolute Gasteiger partial charge is 0.293 e. The molecule has 11 heteroatoms. The van der Waals surface area contributed by atoms with Crippen molar-refractivity contribution in [3.63, 3.8) is 0 Å². The average Bonchev–Trinajstić information content (AvgIpc) is 3.17. The van der Waals surface area contributed by atoms with Crippen LogP contribution >= 0.6 is 23.4 Å². The van der Waals surface area contributed by atoms with Crippen LogP contribution in [0.2, 0.25) is 5.02 Å². The molecule has 0 unspecified atom stereocenters. The maximum absolute atomic E-state index is 12.9. The Hall–Kier alpha value is -3.21. The van der Waals surface area contributed by atoms with Crippen LogP contribution in [0.4, 0.5) is 4.79 Å². The zero-order chi connectivity index (χ0) is 26.2. The van der Waals surface area contributed by atoms with Gasteiger partial charge in [-0.2, -0.15) is 0 Å². The molecular formula is C26H27ClN2O7S. The van der Waals surface area contributed by atoms with Crippen molar-refractivity contribution in [3.05, 3.63) is 58.0 Å². The normalized spacial score (nSPS) is 16.9. The van der Waals surface area contributed by atoms with E-state index in [1.54, 1.807) is 53.4 Å². The monoisotopic (exact) mass is 546 g/mol. The maximum Gasteiger partial charge on any atom is 0.293 e. The number of nitrogens with zero attached hydrogens (tertiary/aromatic N) is 2. The van der Waals surface area contributed by atoms with Gasteiger partial charge in [-0.15, -0.1) is 0 Å². The topological polar surface area (TPSA) is 94.6 Å². The fraction of sp³-hybridized carbons (Fsp3) is 0.346. The second-order valence-corrected chi connectivity index (χ2v) is 9.43. The lowest BCUT2D eigenvalue weighted by molar-refractivity contribution is -0.137. The highest BCUT2D eigenvalue weighted by atomic mass is 35.5. The number of hydrogen-bond donors (Lipinski definition) is 0. The largest absolute Gasteiger partial charge is 0.490 e. The summed E-state index contributed by atoms with van der Waals surface area (Å²) in [7, 11) is 0. The minimum absolute atomic E-state index is 0.0986. The lowest BCUT2D eigenvalue weighted by Gasteiger charge is -2.26. The number of halogens is 1. The molecule has 2 fully saturated rings. The third kappa shape index (κ3) is 6.97. The predicted molar refractivity (Wildman–Crippen MR) is 140 cm³/mol. The van der Waals surface area contributed by atoms with Crippen molar-refractivity contribution < 1.29 is 33.3 Å². The number of rotatable bonds is 10. The highest BCUT2D eigenvalue weighted by Gasteiger charge is 2.35. The first-order valence-electron chi connectivity index (χ1n) is 11.8. The molecule has 196 valence electrons. The zero-order valence-electron chi connectivity index (χ0n) is 20.3. The SMILES string of the molecule is CCOc1cc(/C=C2\SC(=O)N(CCOc3ccccc3Cl)C2=O)ccc1OCC(=O)N1CCOCC1. The molecule has 2 aliphatic rings. The van der Waals surface area contributed by atoms with Crippen molar-refractivity contribution in [3.8, 4) is 17.2 Å². The fourth-order valence-electron chi connectivity index (χ4n) is 3.70. The molecule has 0 aliphatic carbocycles. The lowest BCUT2D eigenvalue weighted by atomic mass is 10.2. The van der Waals surface area contributed by atoms with E-state index in [4.69, 9.17) is 30.5 Å². The second kappa shape index (κ2) is 12.8. The molecule has 0 spiro atoms. The minimum atomic E-state index is -0.396. The molecule has 2 aromatic carbocycles. The molecule has 0 bridgehead atoms. The first-order chi connectivity index (χ1) is 18.0. The summed E-state index contributed by atoms with van der Waals surface area (Å²) in [6.07, 6.45) is 1.63. The van der Waals surface area contributed by atoms with E-state index in [1.807, 2.05) is 6.92 Å². The standard InChI is InChI=1S/C26H27ClN2O7S/c1-2-34-22-15-18(7-8-21(22)36-17-24(30)28-9-12-33-13-10-28)16-23-25(31)29(26(32)37-23)11-14-35-20-6-4-3-5-19(20)27/h3-8,15-16H,2,9-14,17H2,1H3/b23-16-. The van der Waals surface area contributed by atoms with Crippen LogP contribution in [0.5, 0.6) is 17.2 Å². The summed E-state index contributed by atoms with van der Waals surface area (Å²) in [5.41, 5.74) is 0.660. The fourth-order valence-corrected chi connectivity index (χ4v) is 4.75. The third-order valence-electron chi connectivity index (χ3n) is 5.56. The summed E-state index contributed by atoms with van der Waals surface area (Å²) in [5, 5.41) is 0.0881. The Kier molecular flexibility index (Phi) is 9.32. The molecule has 0 aromatic heterocycles. The molecule has 0 atom stereocenters. The maximum atomic E-state index is 12.9. The minimum Gasteiger partial charge on any atom is -0.490 e. The van der Waals surface area contributed by atoms with Gasteiger partial charge in [-0.3, -0.25) is 19.3 Å². The Morgan fingerprint density at radius 2 is 1.84 bits per heavy atom. The van der Waals surface area contributed by atoms with Crippen molar-refractivity contribution in [2.45, 2.75) is 6.92 Å². The van der Waals surface area contributed by atoms with Gasteiger partial charge in [0.05, 0.1) is 36.3 Å². The summed E-state index contributed by atoms with van der Waals surface area (Å²) in [4.78, 5) is 40.9. The third-order valence-corrected chi connectivity index (χ3v) is 6.78. The molecule has 3 amide bonds. The summed E-state index contributed by atoms with van der Waals surface area (Å²) in [5.74, 6) is 0.835. The van der Waals surface area contributed by atoms with E-state index < -0.39 is 5.91 Å². The van der Waals surface area contributed by atoms with Gasteiger partial charge in [0.1, 0.15) is 12.4 Å². The molecule has 0 radical (unpaired) electrons. The van der Waals surface area contributed by atoms with E-state index in [9.17, 15) is 14.4 Å². The molecule has 9 nitrogen and oxygen atoms in total. The highest BCUT2D eigenvalue weighted by Crippen LogP contribution is 2.35. The number of carbonyl (C=O) groups is 3. The van der Waals surface area contributed by atoms with Gasteiger partial charge >= 0.3 is 0 Å². The number of amides is 3. The quantitative estimate of drug-likeness (QED) is 0.411. The van der Waals surface area contributed by atoms with Gasteiger partial charge in [0.25, 0.3) is 17.1 Å².